The van der Waals surface area contributed by atoms with Crippen LogP contribution in [0.4, 0.5) is 4.39 Å². The molecule has 3 aromatic carbocycles. The number of hydrazone groups is 1. The van der Waals surface area contributed by atoms with Crippen LogP contribution in [-0.4, -0.2) is 12.1 Å². The van der Waals surface area contributed by atoms with Crippen molar-refractivity contribution in [2.75, 3.05) is 0 Å². The molecule has 138 valence electrons. The Morgan fingerprint density at radius 2 is 1.79 bits per heavy atom. The molecule has 0 aliphatic carbocycles. The van der Waals surface area contributed by atoms with Gasteiger partial charge in [0.25, 0.3) is 5.91 Å². The summed E-state index contributed by atoms with van der Waals surface area (Å²) in [6.45, 7) is 0.332. The van der Waals surface area contributed by atoms with Crippen molar-refractivity contribution in [1.29, 1.82) is 5.26 Å². The van der Waals surface area contributed by atoms with Crippen LogP contribution in [0.15, 0.2) is 77.9 Å². The minimum atomic E-state index is -0.438. The third kappa shape index (κ3) is 5.02. The number of ether oxygens (including phenoxy) is 1. The first-order chi connectivity index (χ1) is 13.7. The number of para-hydroxylation sites is 1. The van der Waals surface area contributed by atoms with E-state index in [0.717, 1.165) is 5.56 Å². The number of hydrogen-bond acceptors (Lipinski definition) is 4. The maximum atomic E-state index is 12.9. The summed E-state index contributed by atoms with van der Waals surface area (Å²) >= 11 is 0. The molecular weight excluding hydrogens is 357 g/mol. The molecule has 0 fully saturated rings. The lowest BCUT2D eigenvalue weighted by molar-refractivity contribution is 0.0955. The molecule has 0 spiro atoms. The van der Waals surface area contributed by atoms with Crippen LogP contribution in [0.5, 0.6) is 5.75 Å². The topological polar surface area (TPSA) is 74.5 Å². The summed E-state index contributed by atoms with van der Waals surface area (Å²) in [6, 6.07) is 21.7. The van der Waals surface area contributed by atoms with Crippen LogP contribution in [0.25, 0.3) is 0 Å². The fraction of sp³-hybridized carbons (Fsp3) is 0.0455. The molecule has 0 saturated heterocycles. The van der Waals surface area contributed by atoms with E-state index in [2.05, 4.69) is 16.6 Å². The van der Waals surface area contributed by atoms with Gasteiger partial charge in [-0.2, -0.15) is 10.4 Å². The summed E-state index contributed by atoms with van der Waals surface area (Å²) < 4.78 is 18.7. The normalized spacial score (nSPS) is 10.4. The maximum absolute atomic E-state index is 12.9. The fourth-order valence-corrected chi connectivity index (χ4v) is 2.38. The van der Waals surface area contributed by atoms with Crippen LogP contribution >= 0.6 is 0 Å². The van der Waals surface area contributed by atoms with Gasteiger partial charge in [0.2, 0.25) is 0 Å². The third-order valence-corrected chi connectivity index (χ3v) is 3.87. The third-order valence-electron chi connectivity index (χ3n) is 3.87. The number of hydrogen-bond donors (Lipinski definition) is 1. The van der Waals surface area contributed by atoms with Gasteiger partial charge in [-0.1, -0.05) is 24.3 Å². The van der Waals surface area contributed by atoms with Crippen molar-refractivity contribution in [3.8, 4) is 11.8 Å². The summed E-state index contributed by atoms with van der Waals surface area (Å²) in [5, 5.41) is 12.8. The number of nitrogens with one attached hydrogen (secondary N) is 1. The Balaban J connectivity index is 1.62. The van der Waals surface area contributed by atoms with E-state index in [-0.39, 0.29) is 0 Å². The molecule has 1 amide bonds. The first kappa shape index (κ1) is 18.8. The summed E-state index contributed by atoms with van der Waals surface area (Å²) in [6.07, 6.45) is 1.48. The average Bonchev–Trinajstić information content (AvgIpc) is 2.74. The predicted molar refractivity (Wildman–Crippen MR) is 103 cm³/mol. The Hall–Kier alpha value is -3.98. The van der Waals surface area contributed by atoms with Gasteiger partial charge in [0.05, 0.1) is 17.8 Å². The minimum Gasteiger partial charge on any atom is -0.488 e. The van der Waals surface area contributed by atoms with Gasteiger partial charge < -0.3 is 4.74 Å². The van der Waals surface area contributed by atoms with Crippen molar-refractivity contribution in [3.05, 3.63) is 101 Å². The van der Waals surface area contributed by atoms with Crippen LogP contribution in [0.2, 0.25) is 0 Å². The molecule has 0 aliphatic rings. The standard InChI is InChI=1S/C22H16FN3O2/c23-20-11-9-18(10-12-20)22(27)26-25-14-19-3-1-2-4-21(19)28-15-17-7-5-16(13-24)6-8-17/h1-12,14H,15H2,(H,26,27)/b25-14-. The van der Waals surface area contributed by atoms with Crippen molar-refractivity contribution in [1.82, 2.24) is 5.43 Å². The van der Waals surface area contributed by atoms with E-state index in [0.29, 0.717) is 29.0 Å². The number of rotatable bonds is 6. The number of carbonyl (C=O) groups excluding carboxylic acids is 1. The Morgan fingerprint density at radius 1 is 1.07 bits per heavy atom. The van der Waals surface area contributed by atoms with Gasteiger partial charge in [-0.15, -0.1) is 0 Å². The molecule has 1 N–H and O–H groups in total. The summed E-state index contributed by atoms with van der Waals surface area (Å²) in [5.74, 6) is -0.243. The molecule has 0 aliphatic heterocycles. The van der Waals surface area contributed by atoms with E-state index < -0.39 is 11.7 Å². The largest absolute Gasteiger partial charge is 0.488 e. The Morgan fingerprint density at radius 3 is 2.50 bits per heavy atom. The van der Waals surface area contributed by atoms with Crippen LogP contribution < -0.4 is 10.2 Å². The molecular formula is C22H16FN3O2. The zero-order valence-corrected chi connectivity index (χ0v) is 14.8. The van der Waals surface area contributed by atoms with Crippen molar-refractivity contribution in [2.24, 2.45) is 5.10 Å². The van der Waals surface area contributed by atoms with Crippen molar-refractivity contribution in [3.63, 3.8) is 0 Å². The van der Waals surface area contributed by atoms with E-state index in [9.17, 15) is 9.18 Å². The molecule has 0 atom stereocenters. The highest BCUT2D eigenvalue weighted by Crippen LogP contribution is 2.18. The van der Waals surface area contributed by atoms with E-state index in [1.165, 1.54) is 30.5 Å². The molecule has 0 radical (unpaired) electrons. The van der Waals surface area contributed by atoms with Crippen LogP contribution in [-0.2, 0) is 6.61 Å². The molecule has 0 heterocycles. The molecule has 0 saturated carbocycles. The number of benzene rings is 3. The van der Waals surface area contributed by atoms with Gasteiger partial charge in [0.1, 0.15) is 18.2 Å². The number of nitrogens with zero attached hydrogens (tertiary/aromatic N) is 2. The smallest absolute Gasteiger partial charge is 0.271 e. The van der Waals surface area contributed by atoms with Gasteiger partial charge >= 0.3 is 0 Å². The molecule has 6 heteroatoms. The monoisotopic (exact) mass is 373 g/mol. The van der Waals surface area contributed by atoms with E-state index in [4.69, 9.17) is 10.00 Å². The SMILES string of the molecule is N#Cc1ccc(COc2ccccc2/C=N\NC(=O)c2ccc(F)cc2)cc1. The highest BCUT2D eigenvalue weighted by atomic mass is 19.1. The summed E-state index contributed by atoms with van der Waals surface area (Å²) in [7, 11) is 0. The molecule has 3 aromatic rings. The van der Waals surface area contributed by atoms with E-state index in [1.807, 2.05) is 30.3 Å². The molecule has 0 aromatic heterocycles. The zero-order valence-electron chi connectivity index (χ0n) is 14.8. The van der Waals surface area contributed by atoms with Crippen LogP contribution in [0.1, 0.15) is 27.0 Å². The second kappa shape index (κ2) is 9.10. The average molecular weight is 373 g/mol. The first-order valence-electron chi connectivity index (χ1n) is 8.45. The number of amides is 1. The molecule has 0 unspecified atom stereocenters. The zero-order chi connectivity index (χ0) is 19.8. The Bertz CT molecular complexity index is 1020. The highest BCUT2D eigenvalue weighted by molar-refractivity contribution is 5.95. The van der Waals surface area contributed by atoms with Gasteiger partial charge in [-0.3, -0.25) is 4.79 Å². The molecule has 3 rings (SSSR count). The highest BCUT2D eigenvalue weighted by Gasteiger charge is 2.05. The van der Waals surface area contributed by atoms with Crippen molar-refractivity contribution >= 4 is 12.1 Å². The Kier molecular flexibility index (Phi) is 6.11. The van der Waals surface area contributed by atoms with E-state index in [1.54, 1.807) is 18.2 Å². The van der Waals surface area contributed by atoms with Crippen molar-refractivity contribution < 1.29 is 13.9 Å². The lowest BCUT2D eigenvalue weighted by atomic mass is 10.1. The second-order valence-corrected chi connectivity index (χ2v) is 5.84. The first-order valence-corrected chi connectivity index (χ1v) is 8.45. The number of nitriles is 1. The lowest BCUT2D eigenvalue weighted by Crippen LogP contribution is -2.17. The van der Waals surface area contributed by atoms with Gasteiger partial charge in [-0.25, -0.2) is 9.82 Å². The minimum absolute atomic E-state index is 0.309. The van der Waals surface area contributed by atoms with Gasteiger partial charge in [0, 0.05) is 11.1 Å². The number of halogens is 1. The predicted octanol–water partition coefficient (Wildman–Crippen LogP) is 4.04. The molecule has 5 nitrogen and oxygen atoms in total. The van der Waals surface area contributed by atoms with Gasteiger partial charge in [0.15, 0.2) is 0 Å². The summed E-state index contributed by atoms with van der Waals surface area (Å²) in [4.78, 5) is 12.0. The van der Waals surface area contributed by atoms with Crippen molar-refractivity contribution in [2.45, 2.75) is 6.61 Å². The fourth-order valence-electron chi connectivity index (χ4n) is 2.38. The molecule has 28 heavy (non-hydrogen) atoms. The maximum Gasteiger partial charge on any atom is 0.271 e. The second-order valence-electron chi connectivity index (χ2n) is 5.84. The van der Waals surface area contributed by atoms with Crippen LogP contribution in [0, 0.1) is 17.1 Å². The lowest BCUT2D eigenvalue weighted by Gasteiger charge is -2.09. The Labute approximate surface area is 161 Å². The number of carbonyl (C=O) groups is 1. The quantitative estimate of drug-likeness (QED) is 0.523. The summed E-state index contributed by atoms with van der Waals surface area (Å²) in [5.41, 5.74) is 4.92. The van der Waals surface area contributed by atoms with Gasteiger partial charge in [-0.05, 0) is 54.1 Å². The van der Waals surface area contributed by atoms with E-state index >= 15 is 0 Å². The molecule has 0 bridgehead atoms. The van der Waals surface area contributed by atoms with Crippen LogP contribution in [0.3, 0.4) is 0 Å².